The molecule has 26 heavy (non-hydrogen) atoms. The predicted octanol–water partition coefficient (Wildman–Crippen LogP) is 2.22. The normalized spacial score (nSPS) is 17.4. The van der Waals surface area contributed by atoms with Crippen molar-refractivity contribution in [2.75, 3.05) is 41.4 Å². The number of hydrogen-bond donors (Lipinski definition) is 2. The fraction of sp³-hybridized carbons (Fsp3) is 0.444. The lowest BCUT2D eigenvalue weighted by molar-refractivity contribution is 0.474. The zero-order chi connectivity index (χ0) is 17.8. The lowest BCUT2D eigenvalue weighted by Gasteiger charge is -2.20. The Morgan fingerprint density at radius 3 is 2.04 bits per heavy atom. The first kappa shape index (κ1) is 16.6. The zero-order valence-electron chi connectivity index (χ0n) is 14.7. The van der Waals surface area contributed by atoms with Crippen molar-refractivity contribution < 1.29 is 5.11 Å². The van der Waals surface area contributed by atoms with Crippen LogP contribution in [0, 0.1) is 0 Å². The summed E-state index contributed by atoms with van der Waals surface area (Å²) in [6, 6.07) is 7.04. The molecule has 2 N–H and O–H groups in total. The van der Waals surface area contributed by atoms with Gasteiger partial charge in [-0.05, 0) is 37.8 Å². The highest BCUT2D eigenvalue weighted by atomic mass is 16.3. The molecule has 2 aliphatic heterocycles. The van der Waals surface area contributed by atoms with Crippen LogP contribution in [0.1, 0.15) is 31.2 Å². The largest absolute Gasteiger partial charge is 0.507 e. The lowest BCUT2D eigenvalue weighted by atomic mass is 10.2. The Morgan fingerprint density at radius 2 is 1.46 bits per heavy atom. The molecule has 0 spiro atoms. The number of aromatic nitrogens is 3. The molecule has 0 atom stereocenters. The van der Waals surface area contributed by atoms with Gasteiger partial charge in [0, 0.05) is 31.7 Å². The Balaban J connectivity index is 1.56. The van der Waals surface area contributed by atoms with Gasteiger partial charge in [0.2, 0.25) is 17.8 Å². The first-order valence-electron chi connectivity index (χ1n) is 9.13. The lowest BCUT2D eigenvalue weighted by Crippen LogP contribution is -2.25. The third-order valence-electron chi connectivity index (χ3n) is 4.69. The third kappa shape index (κ3) is 3.68. The fourth-order valence-corrected chi connectivity index (χ4v) is 3.28. The maximum absolute atomic E-state index is 9.81. The average molecular weight is 353 g/mol. The highest BCUT2D eigenvalue weighted by Gasteiger charge is 2.21. The van der Waals surface area contributed by atoms with Gasteiger partial charge in [-0.2, -0.15) is 20.1 Å². The number of hydrazone groups is 1. The zero-order valence-corrected chi connectivity index (χ0v) is 14.7. The molecule has 4 rings (SSSR count). The van der Waals surface area contributed by atoms with Gasteiger partial charge in [-0.1, -0.05) is 12.1 Å². The summed E-state index contributed by atoms with van der Waals surface area (Å²) in [5.74, 6) is 2.03. The number of nitrogens with zero attached hydrogens (tertiary/aromatic N) is 6. The number of nitrogens with one attached hydrogen (secondary N) is 1. The topological polar surface area (TPSA) is 89.8 Å². The standard InChI is InChI=1S/C18H23N7O/c26-15-8-2-1-7-14(15)13-19-23-16-20-17(24-9-3-4-10-24)22-18(21-16)25-11-5-6-12-25/h1-2,7-8,13,26H,3-6,9-12H2,(H,20,21,22,23)/b19-13+. The van der Waals surface area contributed by atoms with Crippen molar-refractivity contribution in [3.63, 3.8) is 0 Å². The van der Waals surface area contributed by atoms with Crippen LogP contribution in [0.15, 0.2) is 29.4 Å². The van der Waals surface area contributed by atoms with Gasteiger partial charge in [-0.3, -0.25) is 0 Å². The van der Waals surface area contributed by atoms with Gasteiger partial charge in [0.25, 0.3) is 0 Å². The predicted molar refractivity (Wildman–Crippen MR) is 102 cm³/mol. The van der Waals surface area contributed by atoms with E-state index in [1.807, 2.05) is 6.07 Å². The first-order chi connectivity index (χ1) is 12.8. The van der Waals surface area contributed by atoms with E-state index in [1.54, 1.807) is 24.4 Å². The summed E-state index contributed by atoms with van der Waals surface area (Å²) >= 11 is 0. The molecule has 0 unspecified atom stereocenters. The van der Waals surface area contributed by atoms with Gasteiger partial charge in [0.1, 0.15) is 5.75 Å². The smallest absolute Gasteiger partial charge is 0.250 e. The Bertz CT molecular complexity index is 749. The number of anilines is 3. The van der Waals surface area contributed by atoms with Crippen molar-refractivity contribution >= 4 is 24.1 Å². The van der Waals surface area contributed by atoms with E-state index in [0.29, 0.717) is 23.4 Å². The molecule has 0 aliphatic carbocycles. The van der Waals surface area contributed by atoms with Crippen molar-refractivity contribution in [2.45, 2.75) is 25.7 Å². The second-order valence-corrected chi connectivity index (χ2v) is 6.58. The fourth-order valence-electron chi connectivity index (χ4n) is 3.28. The molecule has 8 heteroatoms. The van der Waals surface area contributed by atoms with Crippen LogP contribution in [-0.2, 0) is 0 Å². The molecule has 8 nitrogen and oxygen atoms in total. The molecule has 0 radical (unpaired) electrons. The van der Waals surface area contributed by atoms with E-state index in [0.717, 1.165) is 26.2 Å². The van der Waals surface area contributed by atoms with Crippen molar-refractivity contribution in [3.05, 3.63) is 29.8 Å². The van der Waals surface area contributed by atoms with E-state index in [9.17, 15) is 5.11 Å². The van der Waals surface area contributed by atoms with E-state index in [2.05, 4.69) is 35.3 Å². The second kappa shape index (κ2) is 7.55. The molecule has 136 valence electrons. The van der Waals surface area contributed by atoms with Gasteiger partial charge in [-0.25, -0.2) is 5.43 Å². The minimum Gasteiger partial charge on any atom is -0.507 e. The highest BCUT2D eigenvalue weighted by molar-refractivity contribution is 5.83. The molecule has 1 aromatic heterocycles. The van der Waals surface area contributed by atoms with Gasteiger partial charge in [0.15, 0.2) is 0 Å². The van der Waals surface area contributed by atoms with Crippen LogP contribution >= 0.6 is 0 Å². The molecule has 2 fully saturated rings. The van der Waals surface area contributed by atoms with Gasteiger partial charge in [-0.15, -0.1) is 0 Å². The summed E-state index contributed by atoms with van der Waals surface area (Å²) in [5.41, 5.74) is 3.52. The minimum absolute atomic E-state index is 0.184. The van der Waals surface area contributed by atoms with Crippen LogP contribution in [0.5, 0.6) is 5.75 Å². The molecule has 3 heterocycles. The Labute approximate surface area is 152 Å². The van der Waals surface area contributed by atoms with E-state index in [4.69, 9.17) is 0 Å². The van der Waals surface area contributed by atoms with Gasteiger partial charge in [0.05, 0.1) is 6.21 Å². The van der Waals surface area contributed by atoms with Crippen molar-refractivity contribution in [1.29, 1.82) is 0 Å². The number of rotatable bonds is 5. The van der Waals surface area contributed by atoms with Crippen molar-refractivity contribution in [2.24, 2.45) is 5.10 Å². The van der Waals surface area contributed by atoms with Crippen LogP contribution in [0.2, 0.25) is 0 Å². The van der Waals surface area contributed by atoms with Crippen LogP contribution in [-0.4, -0.2) is 52.5 Å². The number of hydrogen-bond acceptors (Lipinski definition) is 8. The molecule has 0 amide bonds. The third-order valence-corrected chi connectivity index (χ3v) is 4.69. The van der Waals surface area contributed by atoms with Crippen molar-refractivity contribution in [1.82, 2.24) is 15.0 Å². The molecule has 0 bridgehead atoms. The van der Waals surface area contributed by atoms with Crippen LogP contribution in [0.3, 0.4) is 0 Å². The quantitative estimate of drug-likeness (QED) is 0.629. The van der Waals surface area contributed by atoms with E-state index < -0.39 is 0 Å². The Morgan fingerprint density at radius 1 is 0.885 bits per heavy atom. The monoisotopic (exact) mass is 353 g/mol. The molecular formula is C18H23N7O. The van der Waals surface area contributed by atoms with E-state index in [1.165, 1.54) is 25.7 Å². The molecule has 2 aliphatic rings. The van der Waals surface area contributed by atoms with Crippen LogP contribution < -0.4 is 15.2 Å². The van der Waals surface area contributed by atoms with E-state index >= 15 is 0 Å². The van der Waals surface area contributed by atoms with Crippen LogP contribution in [0.25, 0.3) is 0 Å². The van der Waals surface area contributed by atoms with Gasteiger partial charge >= 0.3 is 0 Å². The molecule has 1 aromatic carbocycles. The Hall–Kier alpha value is -2.90. The SMILES string of the molecule is Oc1ccccc1/C=N/Nc1nc(N2CCCC2)nc(N2CCCC2)n1. The summed E-state index contributed by atoms with van der Waals surface area (Å²) in [6.07, 6.45) is 6.22. The minimum atomic E-state index is 0.184. The molecule has 2 aromatic rings. The average Bonchev–Trinajstić information content (AvgIpc) is 3.37. The second-order valence-electron chi connectivity index (χ2n) is 6.58. The number of aromatic hydroxyl groups is 1. The summed E-state index contributed by atoms with van der Waals surface area (Å²) in [7, 11) is 0. The summed E-state index contributed by atoms with van der Waals surface area (Å²) in [4.78, 5) is 18.1. The first-order valence-corrected chi connectivity index (χ1v) is 9.13. The molecule has 0 saturated carbocycles. The summed E-state index contributed by atoms with van der Waals surface area (Å²) in [6.45, 7) is 3.90. The highest BCUT2D eigenvalue weighted by Crippen LogP contribution is 2.22. The number of para-hydroxylation sites is 1. The van der Waals surface area contributed by atoms with Crippen LogP contribution in [0.4, 0.5) is 17.8 Å². The summed E-state index contributed by atoms with van der Waals surface area (Å²) < 4.78 is 0. The maximum Gasteiger partial charge on any atom is 0.250 e. The number of phenols is 1. The molecular weight excluding hydrogens is 330 g/mol. The summed E-state index contributed by atoms with van der Waals surface area (Å²) in [5, 5.41) is 14.0. The number of phenolic OH excluding ortho intramolecular Hbond substituents is 1. The molecule has 2 saturated heterocycles. The van der Waals surface area contributed by atoms with E-state index in [-0.39, 0.29) is 5.75 Å². The number of benzene rings is 1. The van der Waals surface area contributed by atoms with Crippen molar-refractivity contribution in [3.8, 4) is 5.75 Å². The maximum atomic E-state index is 9.81. The Kier molecular flexibility index (Phi) is 4.81. The van der Waals surface area contributed by atoms with Gasteiger partial charge < -0.3 is 14.9 Å².